The van der Waals surface area contributed by atoms with Gasteiger partial charge in [-0.3, -0.25) is 14.4 Å². The molecule has 0 fully saturated rings. The number of carbonyl (C=O) groups is 4. The van der Waals surface area contributed by atoms with Crippen molar-refractivity contribution >= 4 is 36.4 Å². The van der Waals surface area contributed by atoms with E-state index >= 15 is 0 Å². The van der Waals surface area contributed by atoms with Crippen LogP contribution in [0.3, 0.4) is 0 Å². The minimum Gasteiger partial charge on any atom is -0.481 e. The maximum atomic E-state index is 10.6. The normalized spacial score (nSPS) is 7.82. The number of ether oxygens (including phenoxy) is 3. The number of methoxy groups -OCH3 is 2. The first-order valence-electron chi connectivity index (χ1n) is 7.89. The molecule has 0 aliphatic carbocycles. The molecule has 0 saturated carbocycles. The molecule has 0 aromatic heterocycles. The summed E-state index contributed by atoms with van der Waals surface area (Å²) in [5, 5.41) is 17.2. The number of halogens is 1. The quantitative estimate of drug-likeness (QED) is 0.237. The third-order valence-corrected chi connectivity index (χ3v) is 2.04. The second-order valence-electron chi connectivity index (χ2n) is 4.02. The Kier molecular flexibility index (Phi) is 42.6. The zero-order valence-electron chi connectivity index (χ0n) is 16.8. The molecule has 0 spiro atoms. The number of carbonyl (C=O) groups excluding carboxylic acids is 3. The topological polar surface area (TPSA) is 200 Å². The summed E-state index contributed by atoms with van der Waals surface area (Å²) >= 11 is 0. The van der Waals surface area contributed by atoms with E-state index in [1.54, 1.807) is 6.92 Å². The average molecular weight is 436 g/mol. The van der Waals surface area contributed by atoms with Gasteiger partial charge in [-0.15, -0.1) is 12.4 Å². The second-order valence-corrected chi connectivity index (χ2v) is 4.02. The summed E-state index contributed by atoms with van der Waals surface area (Å²) in [7, 11) is 3.64. The summed E-state index contributed by atoms with van der Waals surface area (Å²) in [6.07, 6.45) is 0.0348. The molecule has 13 heteroatoms. The first-order valence-corrected chi connectivity index (χ1v) is 7.89. The number of alkyl carbamates (subject to hydrolysis) is 1. The van der Waals surface area contributed by atoms with Gasteiger partial charge < -0.3 is 41.2 Å². The maximum absolute atomic E-state index is 10.6. The number of hydrogen-bond donors (Lipinski definition) is 5. The van der Waals surface area contributed by atoms with Gasteiger partial charge in [0.15, 0.2) is 0 Å². The summed E-state index contributed by atoms with van der Waals surface area (Å²) in [4.78, 5) is 40.8. The van der Waals surface area contributed by atoms with E-state index in [4.69, 9.17) is 21.7 Å². The van der Waals surface area contributed by atoms with Crippen LogP contribution in [0.25, 0.3) is 0 Å². The molecule has 0 aromatic carbocycles. The molecule has 0 unspecified atom stereocenters. The Morgan fingerprint density at radius 2 is 1.32 bits per heavy atom. The zero-order chi connectivity index (χ0) is 22.1. The first-order chi connectivity index (χ1) is 12.8. The predicted octanol–water partition coefficient (Wildman–Crippen LogP) is -0.746. The van der Waals surface area contributed by atoms with Crippen LogP contribution in [0, 0.1) is 0 Å². The van der Waals surface area contributed by atoms with E-state index in [2.05, 4.69) is 19.5 Å². The summed E-state index contributed by atoms with van der Waals surface area (Å²) in [5.74, 6) is -1.44. The molecule has 7 N–H and O–H groups in total. The van der Waals surface area contributed by atoms with Crippen LogP contribution in [0.2, 0.25) is 0 Å². The van der Waals surface area contributed by atoms with Crippen LogP contribution >= 0.6 is 12.4 Å². The Morgan fingerprint density at radius 1 is 0.893 bits per heavy atom. The van der Waals surface area contributed by atoms with Gasteiger partial charge in [0.25, 0.3) is 0 Å². The molecule has 28 heavy (non-hydrogen) atoms. The van der Waals surface area contributed by atoms with Gasteiger partial charge in [-0.25, -0.2) is 4.79 Å². The fraction of sp³-hybridized carbons (Fsp3) is 0.733. The fourth-order valence-corrected chi connectivity index (χ4v) is 0.894. The molecule has 0 atom stereocenters. The Balaban J connectivity index is -0.0000000950. The largest absolute Gasteiger partial charge is 0.481 e. The number of aliphatic hydroxyl groups excluding tert-OH is 1. The number of carboxylic acids is 1. The molecule has 0 bridgehead atoms. The highest BCUT2D eigenvalue weighted by molar-refractivity contribution is 5.85. The number of carboxylic acid groups (broad SMARTS) is 1. The first kappa shape index (κ1) is 36.7. The van der Waals surface area contributed by atoms with Gasteiger partial charge in [0.1, 0.15) is 0 Å². The number of hydrogen-bond acceptors (Lipinski definition) is 10. The van der Waals surface area contributed by atoms with Gasteiger partial charge in [-0.2, -0.15) is 0 Å². The SMILES string of the molecule is CCOC(=O)NCCC(=O)OC.CO.COC(=O)CCN.Cl.NCCC(=O)O. The summed E-state index contributed by atoms with van der Waals surface area (Å²) in [6, 6.07) is 0. The highest BCUT2D eigenvalue weighted by Gasteiger charge is 2.02. The lowest BCUT2D eigenvalue weighted by Crippen LogP contribution is -2.26. The van der Waals surface area contributed by atoms with Gasteiger partial charge in [-0.05, 0) is 6.92 Å². The molecule has 0 radical (unpaired) electrons. The van der Waals surface area contributed by atoms with E-state index < -0.39 is 12.1 Å². The van der Waals surface area contributed by atoms with Crippen molar-refractivity contribution in [1.29, 1.82) is 0 Å². The summed E-state index contributed by atoms with van der Waals surface area (Å²) < 4.78 is 13.2. The van der Waals surface area contributed by atoms with E-state index in [0.717, 1.165) is 7.11 Å². The molecule has 170 valence electrons. The fourth-order valence-electron chi connectivity index (χ4n) is 0.894. The van der Waals surface area contributed by atoms with E-state index in [1.165, 1.54) is 14.2 Å². The molecule has 0 saturated heterocycles. The Bertz CT molecular complexity index is 386. The van der Waals surface area contributed by atoms with Crippen LogP contribution in [0.4, 0.5) is 4.79 Å². The van der Waals surface area contributed by atoms with Gasteiger partial charge >= 0.3 is 24.0 Å². The highest BCUT2D eigenvalue weighted by atomic mass is 35.5. The van der Waals surface area contributed by atoms with Gasteiger partial charge in [0, 0.05) is 26.7 Å². The van der Waals surface area contributed by atoms with Crippen molar-refractivity contribution in [2.24, 2.45) is 11.5 Å². The van der Waals surface area contributed by atoms with Crippen molar-refractivity contribution in [3.63, 3.8) is 0 Å². The van der Waals surface area contributed by atoms with E-state index in [0.29, 0.717) is 19.6 Å². The summed E-state index contributed by atoms with van der Waals surface area (Å²) in [6.45, 7) is 2.87. The van der Waals surface area contributed by atoms with Crippen LogP contribution in [-0.4, -0.2) is 81.8 Å². The number of esters is 2. The van der Waals surface area contributed by atoms with Gasteiger partial charge in [0.05, 0.1) is 40.1 Å². The molecular formula is C15H34ClN3O9. The number of nitrogens with two attached hydrogens (primary N) is 2. The molecule has 0 heterocycles. The Labute approximate surface area is 171 Å². The molecule has 0 aliphatic rings. The number of aliphatic carboxylic acids is 1. The van der Waals surface area contributed by atoms with Crippen LogP contribution in [0.5, 0.6) is 0 Å². The zero-order valence-corrected chi connectivity index (χ0v) is 17.6. The molecule has 12 nitrogen and oxygen atoms in total. The van der Waals surface area contributed by atoms with E-state index in [-0.39, 0.29) is 50.3 Å². The van der Waals surface area contributed by atoms with E-state index in [1.807, 2.05) is 0 Å². The van der Waals surface area contributed by atoms with Crippen molar-refractivity contribution in [2.75, 3.05) is 47.6 Å². The van der Waals surface area contributed by atoms with Crippen molar-refractivity contribution < 1.29 is 43.6 Å². The smallest absolute Gasteiger partial charge is 0.407 e. The Hall–Kier alpha value is -2.15. The highest BCUT2D eigenvalue weighted by Crippen LogP contribution is 1.82. The Morgan fingerprint density at radius 3 is 1.57 bits per heavy atom. The predicted molar refractivity (Wildman–Crippen MR) is 104 cm³/mol. The minimum atomic E-state index is -0.836. The third kappa shape index (κ3) is 43.9. The molecule has 0 aromatic rings. The average Bonchev–Trinajstić information content (AvgIpc) is 2.64. The van der Waals surface area contributed by atoms with Crippen LogP contribution in [-0.2, 0) is 28.6 Å². The van der Waals surface area contributed by atoms with Crippen LogP contribution in [0.1, 0.15) is 26.2 Å². The lowest BCUT2D eigenvalue weighted by molar-refractivity contribution is -0.141. The van der Waals surface area contributed by atoms with Gasteiger partial charge in [0.2, 0.25) is 0 Å². The van der Waals surface area contributed by atoms with Crippen molar-refractivity contribution in [2.45, 2.75) is 26.2 Å². The van der Waals surface area contributed by atoms with Crippen molar-refractivity contribution in [3.05, 3.63) is 0 Å². The third-order valence-electron chi connectivity index (χ3n) is 2.04. The van der Waals surface area contributed by atoms with Crippen molar-refractivity contribution in [3.8, 4) is 0 Å². The van der Waals surface area contributed by atoms with E-state index in [9.17, 15) is 19.2 Å². The van der Waals surface area contributed by atoms with Gasteiger partial charge in [-0.1, -0.05) is 0 Å². The maximum Gasteiger partial charge on any atom is 0.407 e. The molecule has 1 amide bonds. The second kappa shape index (κ2) is 32.5. The molecule has 0 rings (SSSR count). The molecule has 0 aliphatic heterocycles. The van der Waals surface area contributed by atoms with Crippen LogP contribution < -0.4 is 16.8 Å². The van der Waals surface area contributed by atoms with Crippen molar-refractivity contribution in [1.82, 2.24) is 5.32 Å². The summed E-state index contributed by atoms with van der Waals surface area (Å²) in [5.41, 5.74) is 9.85. The standard InChI is InChI=1S/C7H13NO4.C4H9NO2.C3H7NO2.CH4O.ClH/c1-3-12-7(10)8-5-4-6(9)11-2;1-7-4(6)2-3-5;4-2-1-3(5)6;1-2;/h3-5H2,1-2H3,(H,8,10);2-3,5H2,1H3;1-2,4H2,(H,5,6);2H,1H3;1H. The number of nitrogens with one attached hydrogen (secondary N) is 1. The monoisotopic (exact) mass is 435 g/mol. The number of rotatable bonds is 8. The lowest BCUT2D eigenvalue weighted by atomic mass is 10.4. The minimum absolute atomic E-state index is 0. The molecular weight excluding hydrogens is 402 g/mol. The number of amides is 1. The van der Waals surface area contributed by atoms with Crippen LogP contribution in [0.15, 0.2) is 0 Å². The number of aliphatic hydroxyl groups is 1. The lowest BCUT2D eigenvalue weighted by Gasteiger charge is -2.03.